The molecule has 0 aliphatic carbocycles. The molecule has 0 aromatic carbocycles. The summed E-state index contributed by atoms with van der Waals surface area (Å²) in [5.41, 5.74) is -1.02. The highest BCUT2D eigenvalue weighted by molar-refractivity contribution is 14.1. The van der Waals surface area contributed by atoms with Gasteiger partial charge < -0.3 is 0 Å². The third kappa shape index (κ3) is 2.36. The van der Waals surface area contributed by atoms with Gasteiger partial charge in [0, 0.05) is 6.54 Å². The fourth-order valence-corrected chi connectivity index (χ4v) is 1.22. The SMILES string of the molecule is O=c1cnn(I)c(=O)n1CCCF. The Morgan fingerprint density at radius 1 is 1.54 bits per heavy atom. The number of alkyl halides is 1. The Hall–Kier alpha value is -0.730. The molecule has 0 fully saturated rings. The standard InChI is InChI=1S/C6H7FIN3O2/c7-2-1-3-10-5(12)4-9-11(8)6(10)13/h4H,1-3H2. The van der Waals surface area contributed by atoms with E-state index < -0.39 is 17.9 Å². The summed E-state index contributed by atoms with van der Waals surface area (Å²) in [4.78, 5) is 22.3. The van der Waals surface area contributed by atoms with Gasteiger partial charge in [-0.2, -0.15) is 7.99 Å². The van der Waals surface area contributed by atoms with Crippen molar-refractivity contribution in [3.8, 4) is 0 Å². The Morgan fingerprint density at radius 3 is 2.85 bits per heavy atom. The summed E-state index contributed by atoms with van der Waals surface area (Å²) < 4.78 is 13.8. The molecule has 1 heterocycles. The van der Waals surface area contributed by atoms with Crippen molar-refractivity contribution in [2.75, 3.05) is 6.67 Å². The van der Waals surface area contributed by atoms with E-state index in [1.165, 1.54) is 0 Å². The maximum atomic E-state index is 11.8. The summed E-state index contributed by atoms with van der Waals surface area (Å²) in [5, 5.41) is 3.51. The van der Waals surface area contributed by atoms with Gasteiger partial charge in [0.2, 0.25) is 0 Å². The van der Waals surface area contributed by atoms with Crippen molar-refractivity contribution >= 4 is 22.9 Å². The van der Waals surface area contributed by atoms with Crippen molar-refractivity contribution < 1.29 is 4.39 Å². The molecule has 13 heavy (non-hydrogen) atoms. The topological polar surface area (TPSA) is 56.9 Å². The van der Waals surface area contributed by atoms with Crippen LogP contribution in [-0.4, -0.2) is 19.2 Å². The van der Waals surface area contributed by atoms with Crippen LogP contribution in [0.5, 0.6) is 0 Å². The lowest BCUT2D eigenvalue weighted by Crippen LogP contribution is -2.38. The van der Waals surface area contributed by atoms with Crippen LogP contribution in [0, 0.1) is 0 Å². The first-order chi connectivity index (χ1) is 6.16. The Balaban J connectivity index is 3.11. The number of halogens is 2. The maximum absolute atomic E-state index is 11.8. The molecule has 5 nitrogen and oxygen atoms in total. The molecule has 0 saturated heterocycles. The number of rotatable bonds is 3. The van der Waals surface area contributed by atoms with Crippen molar-refractivity contribution in [1.82, 2.24) is 12.6 Å². The fourth-order valence-electron chi connectivity index (χ4n) is 0.837. The summed E-state index contributed by atoms with van der Waals surface area (Å²) in [6, 6.07) is 0. The third-order valence-electron chi connectivity index (χ3n) is 1.44. The molecule has 0 bridgehead atoms. The van der Waals surface area contributed by atoms with Crippen molar-refractivity contribution in [2.24, 2.45) is 0 Å². The first-order valence-electron chi connectivity index (χ1n) is 3.58. The van der Waals surface area contributed by atoms with Crippen LogP contribution < -0.4 is 11.2 Å². The molecule has 0 spiro atoms. The molecule has 1 aromatic rings. The lowest BCUT2D eigenvalue weighted by molar-refractivity contribution is 0.435. The zero-order valence-electron chi connectivity index (χ0n) is 6.61. The monoisotopic (exact) mass is 299 g/mol. The molecule has 1 aromatic heterocycles. The average molecular weight is 299 g/mol. The average Bonchev–Trinajstić information content (AvgIpc) is 2.12. The molecule has 0 amide bonds. The second-order valence-corrected chi connectivity index (χ2v) is 3.23. The van der Waals surface area contributed by atoms with Crippen molar-refractivity contribution in [2.45, 2.75) is 13.0 Å². The zero-order chi connectivity index (χ0) is 9.84. The van der Waals surface area contributed by atoms with Crippen molar-refractivity contribution in [3.05, 3.63) is 27.0 Å². The van der Waals surface area contributed by atoms with Crippen LogP contribution in [0.25, 0.3) is 0 Å². The summed E-state index contributed by atoms with van der Waals surface area (Å²) in [7, 11) is 0. The van der Waals surface area contributed by atoms with E-state index in [9.17, 15) is 14.0 Å². The Morgan fingerprint density at radius 2 is 2.23 bits per heavy atom. The highest BCUT2D eigenvalue weighted by Crippen LogP contribution is 1.84. The summed E-state index contributed by atoms with van der Waals surface area (Å²) >= 11 is 1.66. The van der Waals surface area contributed by atoms with Gasteiger partial charge in [-0.05, 0) is 6.42 Å². The van der Waals surface area contributed by atoms with Crippen molar-refractivity contribution in [1.29, 1.82) is 0 Å². The second kappa shape index (κ2) is 4.49. The summed E-state index contributed by atoms with van der Waals surface area (Å²) in [6.45, 7) is -0.449. The van der Waals surface area contributed by atoms with E-state index in [0.29, 0.717) is 0 Å². The lowest BCUT2D eigenvalue weighted by Gasteiger charge is -2.01. The molecule has 0 unspecified atom stereocenters. The minimum absolute atomic E-state index is 0.0969. The summed E-state index contributed by atoms with van der Waals surface area (Å²) in [5.74, 6) is 0. The first-order valence-corrected chi connectivity index (χ1v) is 4.54. The molecular formula is C6H7FIN3O2. The molecule has 0 saturated carbocycles. The zero-order valence-corrected chi connectivity index (χ0v) is 8.77. The van der Waals surface area contributed by atoms with Crippen LogP contribution in [0.1, 0.15) is 6.42 Å². The molecule has 0 atom stereocenters. The summed E-state index contributed by atoms with van der Waals surface area (Å²) in [6.07, 6.45) is 1.20. The van der Waals surface area contributed by atoms with Gasteiger partial charge in [0.15, 0.2) is 0 Å². The van der Waals surface area contributed by atoms with Gasteiger partial charge in [-0.3, -0.25) is 13.8 Å². The van der Waals surface area contributed by atoms with Crippen LogP contribution in [0.3, 0.4) is 0 Å². The van der Waals surface area contributed by atoms with E-state index in [-0.39, 0.29) is 13.0 Å². The predicted octanol–water partition coefficient (Wildman–Crippen LogP) is -0.0373. The van der Waals surface area contributed by atoms with Gasteiger partial charge >= 0.3 is 5.69 Å². The van der Waals surface area contributed by atoms with Crippen LogP contribution in [-0.2, 0) is 6.54 Å². The van der Waals surface area contributed by atoms with E-state index in [2.05, 4.69) is 5.10 Å². The third-order valence-corrected chi connectivity index (χ3v) is 2.10. The largest absolute Gasteiger partial charge is 0.356 e. The number of hydrogen-bond donors (Lipinski definition) is 0. The normalized spacial score (nSPS) is 10.3. The van der Waals surface area contributed by atoms with Gasteiger partial charge in [-0.1, -0.05) is 0 Å². The molecule has 0 aliphatic heterocycles. The van der Waals surface area contributed by atoms with Crippen LogP contribution >= 0.6 is 22.9 Å². The van der Waals surface area contributed by atoms with Gasteiger partial charge in [0.25, 0.3) is 5.56 Å². The number of nitrogens with zero attached hydrogens (tertiary/aromatic N) is 3. The minimum Gasteiger partial charge on any atom is -0.267 e. The van der Waals surface area contributed by atoms with Crippen LogP contribution in [0.15, 0.2) is 15.8 Å². The fraction of sp³-hybridized carbons (Fsp3) is 0.500. The van der Waals surface area contributed by atoms with Gasteiger partial charge in [0.1, 0.15) is 6.20 Å². The predicted molar refractivity (Wildman–Crippen MR) is 52.8 cm³/mol. The number of hydrogen-bond acceptors (Lipinski definition) is 3. The number of aromatic nitrogens is 3. The Labute approximate surface area is 86.7 Å². The lowest BCUT2D eigenvalue weighted by atomic mass is 10.4. The minimum atomic E-state index is -0.546. The van der Waals surface area contributed by atoms with Gasteiger partial charge in [-0.15, -0.1) is 0 Å². The smallest absolute Gasteiger partial charge is 0.267 e. The maximum Gasteiger partial charge on any atom is 0.356 e. The Kier molecular flexibility index (Phi) is 3.58. The second-order valence-electron chi connectivity index (χ2n) is 2.32. The highest BCUT2D eigenvalue weighted by Gasteiger charge is 2.03. The van der Waals surface area contributed by atoms with Crippen LogP contribution in [0.4, 0.5) is 4.39 Å². The van der Waals surface area contributed by atoms with Crippen molar-refractivity contribution in [3.63, 3.8) is 0 Å². The quantitative estimate of drug-likeness (QED) is 0.736. The molecular weight excluding hydrogens is 292 g/mol. The highest BCUT2D eigenvalue weighted by atomic mass is 127. The van der Waals surface area contributed by atoms with Gasteiger partial charge in [-0.25, -0.2) is 4.79 Å². The molecule has 0 aliphatic rings. The van der Waals surface area contributed by atoms with E-state index in [4.69, 9.17) is 0 Å². The van der Waals surface area contributed by atoms with Gasteiger partial charge in [0.05, 0.1) is 29.5 Å². The molecule has 0 radical (unpaired) electrons. The van der Waals surface area contributed by atoms with E-state index >= 15 is 0 Å². The Bertz CT molecular complexity index is 400. The van der Waals surface area contributed by atoms with E-state index in [1.54, 1.807) is 22.9 Å². The van der Waals surface area contributed by atoms with E-state index in [0.717, 1.165) is 13.7 Å². The molecule has 0 N–H and O–H groups in total. The molecule has 7 heteroatoms. The molecule has 72 valence electrons. The first kappa shape index (κ1) is 10.4. The van der Waals surface area contributed by atoms with Crippen LogP contribution in [0.2, 0.25) is 0 Å². The van der Waals surface area contributed by atoms with E-state index in [1.807, 2.05) is 0 Å². The molecule has 1 rings (SSSR count).